The van der Waals surface area contributed by atoms with E-state index in [1.165, 1.54) is 10.5 Å². The third-order valence-corrected chi connectivity index (χ3v) is 6.46. The van der Waals surface area contributed by atoms with Gasteiger partial charge in [0.15, 0.2) is 0 Å². The van der Waals surface area contributed by atoms with Crippen LogP contribution in [0.15, 0.2) is 59.5 Å². The SMILES string of the molecule is COc1ccc(CC[C@H]2CCCC(=O)[C@@H]2[CH-]Sc2ccccc2)cc1.[C-]#[O+].[C-]#[O+].[CH]1[CH][CH][CH][CH]1.[Fe+2]. The Morgan fingerprint density at radius 2 is 1.51 bits per heavy atom. The summed E-state index contributed by atoms with van der Waals surface area (Å²) in [4.78, 5) is 13.7. The molecule has 2 aliphatic carbocycles. The van der Waals surface area contributed by atoms with E-state index in [1.807, 2.05) is 62.4 Å². The predicted octanol–water partition coefficient (Wildman–Crippen LogP) is 6.51. The normalized spacial score (nSPS) is 18.1. The Bertz CT molecular complexity index is 818. The number of benzene rings is 2. The van der Waals surface area contributed by atoms with Crippen molar-refractivity contribution in [3.05, 3.63) is 111 Å². The van der Waals surface area contributed by atoms with Gasteiger partial charge in [-0.15, -0.1) is 0 Å². The Balaban J connectivity index is 0.000000995. The van der Waals surface area contributed by atoms with E-state index < -0.39 is 0 Å². The minimum absolute atomic E-state index is 0. The Morgan fingerprint density at radius 1 is 0.943 bits per heavy atom. The van der Waals surface area contributed by atoms with Crippen LogP contribution in [-0.2, 0) is 37.6 Å². The van der Waals surface area contributed by atoms with Crippen molar-refractivity contribution in [1.82, 2.24) is 0 Å². The molecule has 0 N–H and O–H groups in total. The first-order valence-corrected chi connectivity index (χ1v) is 11.9. The number of carbonyl (C=O) groups is 1. The molecule has 5 radical (unpaired) electrons. The monoisotopic (exact) mass is 530 g/mol. The minimum Gasteiger partial charge on any atom is -0.0312 e. The quantitative estimate of drug-likeness (QED) is 0.177. The molecule has 2 saturated carbocycles. The van der Waals surface area contributed by atoms with Gasteiger partial charge in [-0.05, 0) is 74.0 Å². The van der Waals surface area contributed by atoms with Crippen LogP contribution in [0.3, 0.4) is 0 Å². The number of aryl methyl sites for hydroxylation is 1. The van der Waals surface area contributed by atoms with Crippen LogP contribution >= 0.6 is 11.8 Å². The van der Waals surface area contributed by atoms with Crippen LogP contribution in [0.2, 0.25) is 0 Å². The second-order valence-electron chi connectivity index (χ2n) is 7.56. The molecule has 0 aliphatic heterocycles. The van der Waals surface area contributed by atoms with E-state index in [9.17, 15) is 4.79 Å². The van der Waals surface area contributed by atoms with Crippen molar-refractivity contribution in [2.24, 2.45) is 11.8 Å². The summed E-state index contributed by atoms with van der Waals surface area (Å²) in [6, 6.07) is 18.6. The van der Waals surface area contributed by atoms with Crippen LogP contribution in [0.1, 0.15) is 31.2 Å². The van der Waals surface area contributed by atoms with Gasteiger partial charge in [0.25, 0.3) is 0 Å². The minimum atomic E-state index is 0. The fourth-order valence-corrected chi connectivity index (χ4v) is 4.77. The van der Waals surface area contributed by atoms with Crippen molar-refractivity contribution >= 4 is 17.5 Å². The van der Waals surface area contributed by atoms with Gasteiger partial charge in [0.2, 0.25) is 0 Å². The summed E-state index contributed by atoms with van der Waals surface area (Å²) >= 11 is 1.70. The van der Waals surface area contributed by atoms with Crippen LogP contribution < -0.4 is 4.74 Å². The third kappa shape index (κ3) is 13.2. The molecule has 4 rings (SSSR count). The molecular formula is C29H30FeO4S+. The zero-order valence-electron chi connectivity index (χ0n) is 19.7. The summed E-state index contributed by atoms with van der Waals surface area (Å²) < 4.78 is 20.2. The van der Waals surface area contributed by atoms with Crippen molar-refractivity contribution in [1.29, 1.82) is 0 Å². The molecule has 2 aliphatic rings. The number of ether oxygens (including phenoxy) is 1. The van der Waals surface area contributed by atoms with Crippen LogP contribution in [0.4, 0.5) is 0 Å². The molecule has 0 saturated heterocycles. The molecule has 0 amide bonds. The van der Waals surface area contributed by atoms with Crippen LogP contribution in [0, 0.1) is 63.0 Å². The molecular weight excluding hydrogens is 500 g/mol. The maximum absolute atomic E-state index is 12.5. The number of rotatable bonds is 7. The van der Waals surface area contributed by atoms with Gasteiger partial charge in [-0.1, -0.05) is 60.7 Å². The third-order valence-electron chi connectivity index (χ3n) is 5.49. The average Bonchev–Trinajstić information content (AvgIpc) is 3.51. The van der Waals surface area contributed by atoms with Gasteiger partial charge >= 0.3 is 39.7 Å². The molecule has 4 nitrogen and oxygen atoms in total. The van der Waals surface area contributed by atoms with Gasteiger partial charge in [0.1, 0.15) is 11.5 Å². The summed E-state index contributed by atoms with van der Waals surface area (Å²) in [6.45, 7) is 9.00. The molecule has 35 heavy (non-hydrogen) atoms. The van der Waals surface area contributed by atoms with Crippen molar-refractivity contribution < 1.29 is 35.9 Å². The van der Waals surface area contributed by atoms with E-state index in [0.29, 0.717) is 11.7 Å². The number of hydrogen-bond donors (Lipinski definition) is 0. The van der Waals surface area contributed by atoms with Crippen molar-refractivity contribution in [3.8, 4) is 5.75 Å². The molecule has 0 unspecified atom stereocenters. The van der Waals surface area contributed by atoms with Gasteiger partial charge in [-0.25, -0.2) is 0 Å². The first kappa shape index (κ1) is 33.3. The van der Waals surface area contributed by atoms with Crippen molar-refractivity contribution in [2.45, 2.75) is 37.0 Å². The summed E-state index contributed by atoms with van der Waals surface area (Å²) in [5.74, 6) is 4.02. The fraction of sp³-hybridized carbons (Fsp3) is 0.276. The number of methoxy groups -OCH3 is 1. The van der Waals surface area contributed by atoms with E-state index >= 15 is 0 Å². The molecule has 2 fully saturated rings. The predicted molar refractivity (Wildman–Crippen MR) is 133 cm³/mol. The smallest absolute Gasteiger partial charge is 0.0312 e. The molecule has 2 aromatic carbocycles. The van der Waals surface area contributed by atoms with Gasteiger partial charge < -0.3 is 21.3 Å². The van der Waals surface area contributed by atoms with Crippen molar-refractivity contribution in [3.63, 3.8) is 0 Å². The van der Waals surface area contributed by atoms with Gasteiger partial charge in [-0.3, -0.25) is 5.75 Å². The Labute approximate surface area is 225 Å². The van der Waals surface area contributed by atoms with Crippen LogP contribution in [0.25, 0.3) is 0 Å². The second kappa shape index (κ2) is 21.5. The number of thioether (sulfide) groups is 1. The van der Waals surface area contributed by atoms with E-state index in [0.717, 1.165) is 37.9 Å². The number of carbonyl (C=O) groups excluding carboxylic acids is 1. The Hall–Kier alpha value is -1.74. The van der Waals surface area contributed by atoms with E-state index in [1.54, 1.807) is 18.9 Å². The number of ketones is 1. The average molecular weight is 530 g/mol. The standard InChI is InChI=1S/C22H25O2S.C5H5.2CO.Fe/c1-24-19-14-11-17(12-15-19)10-13-18-6-5-9-22(23)21(18)16-25-20-7-3-2-4-8-20;1-2-4-5-3-1;2*1-2;/h2-4,7-8,11-12,14-16,18,21H,5-6,9-10,13H2,1H3;1-5H;;;/q-1;;;;+2/t18-,21-;;;;/m1..../s1. The molecule has 0 spiro atoms. The molecule has 2 atom stereocenters. The summed E-state index contributed by atoms with van der Waals surface area (Å²) in [5.41, 5.74) is 1.31. The van der Waals surface area contributed by atoms with Crippen molar-refractivity contribution in [2.75, 3.05) is 7.11 Å². The number of hydrogen-bond acceptors (Lipinski definition) is 3. The van der Waals surface area contributed by atoms with Gasteiger partial charge in [0, 0.05) is 6.42 Å². The molecule has 183 valence electrons. The van der Waals surface area contributed by atoms with Gasteiger partial charge in [-0.2, -0.15) is 0 Å². The van der Waals surface area contributed by atoms with Crippen LogP contribution in [0.5, 0.6) is 5.75 Å². The second-order valence-corrected chi connectivity index (χ2v) is 8.54. The molecule has 2 aromatic rings. The van der Waals surface area contributed by atoms with Gasteiger partial charge in [0.05, 0.1) is 7.11 Å². The summed E-state index contributed by atoms with van der Waals surface area (Å²) in [7, 11) is 1.69. The first-order valence-electron chi connectivity index (χ1n) is 11.0. The summed E-state index contributed by atoms with van der Waals surface area (Å²) in [6.07, 6.45) is 15.0. The maximum atomic E-state index is 12.5. The molecule has 6 heteroatoms. The summed E-state index contributed by atoms with van der Waals surface area (Å²) in [5, 5.41) is 0. The maximum Gasteiger partial charge on any atom is 2.00 e. The van der Waals surface area contributed by atoms with E-state index in [2.05, 4.69) is 43.3 Å². The number of Topliss-reactive ketones (excluding diaryl/α,β-unsaturated/α-hetero) is 1. The Morgan fingerprint density at radius 3 is 2.06 bits per heavy atom. The Kier molecular flexibility index (Phi) is 20.5. The zero-order chi connectivity index (χ0) is 25.0. The molecule has 0 aromatic heterocycles. The molecule has 0 bridgehead atoms. The zero-order valence-corrected chi connectivity index (χ0v) is 21.7. The van der Waals surface area contributed by atoms with E-state index in [-0.39, 0.29) is 23.0 Å². The van der Waals surface area contributed by atoms with Crippen LogP contribution in [-0.4, -0.2) is 12.9 Å². The molecule has 0 heterocycles. The first-order chi connectivity index (χ1) is 16.8. The fourth-order valence-electron chi connectivity index (χ4n) is 3.77. The van der Waals surface area contributed by atoms with E-state index in [4.69, 9.17) is 14.0 Å². The largest absolute Gasteiger partial charge is 2.00 e. The topological polar surface area (TPSA) is 66.1 Å².